The highest BCUT2D eigenvalue weighted by Gasteiger charge is 2.20. The van der Waals surface area contributed by atoms with Gasteiger partial charge in [-0.3, -0.25) is 4.79 Å². The average molecular weight is 377 g/mol. The molecule has 0 fully saturated rings. The minimum Gasteiger partial charge on any atom is -0.449 e. The van der Waals surface area contributed by atoms with E-state index in [1.54, 1.807) is 36.4 Å². The molecular formula is C19H21ClN2O4. The summed E-state index contributed by atoms with van der Waals surface area (Å²) in [6.45, 7) is 2.07. The van der Waals surface area contributed by atoms with Gasteiger partial charge < -0.3 is 20.5 Å². The molecule has 0 aliphatic heterocycles. The van der Waals surface area contributed by atoms with Gasteiger partial charge in [-0.1, -0.05) is 35.9 Å². The number of aliphatic hydroxyl groups is 1. The van der Waals surface area contributed by atoms with Crippen LogP contribution in [0, 0.1) is 0 Å². The molecule has 1 unspecified atom stereocenters. The number of hydrogen-bond acceptors (Lipinski definition) is 5. The zero-order valence-electron chi connectivity index (χ0n) is 14.4. The van der Waals surface area contributed by atoms with Crippen LogP contribution in [0.3, 0.4) is 0 Å². The molecule has 2 aromatic carbocycles. The molecule has 0 saturated heterocycles. The zero-order valence-corrected chi connectivity index (χ0v) is 15.1. The first kappa shape index (κ1) is 19.8. The Hall–Kier alpha value is -2.57. The zero-order chi connectivity index (χ0) is 18.9. The lowest BCUT2D eigenvalue weighted by Crippen LogP contribution is -2.35. The molecular weight excluding hydrogens is 356 g/mol. The van der Waals surface area contributed by atoms with E-state index in [0.717, 1.165) is 5.56 Å². The highest BCUT2D eigenvalue weighted by atomic mass is 35.5. The van der Waals surface area contributed by atoms with Crippen molar-refractivity contribution < 1.29 is 19.4 Å². The first-order valence-corrected chi connectivity index (χ1v) is 8.56. The summed E-state index contributed by atoms with van der Waals surface area (Å²) in [5.41, 5.74) is 1.73. The molecule has 0 bridgehead atoms. The van der Waals surface area contributed by atoms with Crippen molar-refractivity contribution >= 4 is 29.2 Å². The number of halogens is 1. The Bertz CT molecular complexity index is 749. The standard InChI is InChI=1S/C19H21ClN2O4/c1-13(18(24)22-12-14-6-8-15(20)9-7-14)26-19(25)16-4-2-3-5-17(16)21-10-11-23/h2-9,13,21,23H,10-12H2,1H3,(H,22,24). The van der Waals surface area contributed by atoms with Crippen molar-refractivity contribution in [3.63, 3.8) is 0 Å². The fourth-order valence-electron chi connectivity index (χ4n) is 2.22. The topological polar surface area (TPSA) is 87.7 Å². The average Bonchev–Trinajstić information content (AvgIpc) is 2.65. The van der Waals surface area contributed by atoms with Gasteiger partial charge in [0.1, 0.15) is 0 Å². The second-order valence-electron chi connectivity index (χ2n) is 5.59. The number of aliphatic hydroxyl groups excluding tert-OH is 1. The fourth-order valence-corrected chi connectivity index (χ4v) is 2.34. The maximum absolute atomic E-state index is 12.3. The van der Waals surface area contributed by atoms with Gasteiger partial charge in [-0.15, -0.1) is 0 Å². The number of nitrogens with one attached hydrogen (secondary N) is 2. The molecule has 0 saturated carbocycles. The lowest BCUT2D eigenvalue weighted by atomic mass is 10.1. The summed E-state index contributed by atoms with van der Waals surface area (Å²) in [7, 11) is 0. The molecule has 1 atom stereocenters. The minimum absolute atomic E-state index is 0.0626. The molecule has 2 aromatic rings. The third kappa shape index (κ3) is 5.75. The smallest absolute Gasteiger partial charge is 0.341 e. The third-order valence-corrected chi connectivity index (χ3v) is 3.86. The van der Waals surface area contributed by atoms with Crippen LogP contribution in [0.5, 0.6) is 0 Å². The van der Waals surface area contributed by atoms with Crippen LogP contribution in [0.2, 0.25) is 5.02 Å². The van der Waals surface area contributed by atoms with Gasteiger partial charge in [0, 0.05) is 23.8 Å². The maximum Gasteiger partial charge on any atom is 0.341 e. The molecule has 0 aliphatic rings. The van der Waals surface area contributed by atoms with Gasteiger partial charge in [-0.2, -0.15) is 0 Å². The second-order valence-corrected chi connectivity index (χ2v) is 6.02. The van der Waals surface area contributed by atoms with Crippen LogP contribution in [0.25, 0.3) is 0 Å². The minimum atomic E-state index is -0.944. The summed E-state index contributed by atoms with van der Waals surface area (Å²) >= 11 is 5.82. The molecule has 0 heterocycles. The van der Waals surface area contributed by atoms with Gasteiger partial charge in [0.2, 0.25) is 0 Å². The number of rotatable bonds is 8. The SMILES string of the molecule is CC(OC(=O)c1ccccc1NCCO)C(=O)NCc1ccc(Cl)cc1. The van der Waals surface area contributed by atoms with Crippen molar-refractivity contribution in [1.29, 1.82) is 0 Å². The van der Waals surface area contributed by atoms with E-state index in [4.69, 9.17) is 21.4 Å². The van der Waals surface area contributed by atoms with Gasteiger partial charge in [0.25, 0.3) is 5.91 Å². The van der Waals surface area contributed by atoms with Gasteiger partial charge in [0.15, 0.2) is 6.10 Å². The molecule has 7 heteroatoms. The van der Waals surface area contributed by atoms with Gasteiger partial charge in [0.05, 0.1) is 12.2 Å². The molecule has 0 spiro atoms. The lowest BCUT2D eigenvalue weighted by molar-refractivity contribution is -0.129. The number of esters is 1. The summed E-state index contributed by atoms with van der Waals surface area (Å²) in [6.07, 6.45) is -0.944. The highest BCUT2D eigenvalue weighted by molar-refractivity contribution is 6.30. The monoisotopic (exact) mass is 376 g/mol. The van der Waals surface area contributed by atoms with Crippen molar-refractivity contribution in [3.05, 3.63) is 64.7 Å². The normalized spacial score (nSPS) is 11.5. The van der Waals surface area contributed by atoms with E-state index in [9.17, 15) is 9.59 Å². The molecule has 138 valence electrons. The van der Waals surface area contributed by atoms with E-state index in [0.29, 0.717) is 29.4 Å². The number of anilines is 1. The molecule has 3 N–H and O–H groups in total. The molecule has 1 amide bonds. The quantitative estimate of drug-likeness (QED) is 0.616. The van der Waals surface area contributed by atoms with Crippen LogP contribution in [0.1, 0.15) is 22.8 Å². The molecule has 6 nitrogen and oxygen atoms in total. The van der Waals surface area contributed by atoms with Crippen LogP contribution in [0.15, 0.2) is 48.5 Å². The number of carbonyl (C=O) groups is 2. The van der Waals surface area contributed by atoms with Crippen molar-refractivity contribution in [2.75, 3.05) is 18.5 Å². The Morgan fingerprint density at radius 3 is 2.54 bits per heavy atom. The Balaban J connectivity index is 1.91. The van der Waals surface area contributed by atoms with Crippen molar-refractivity contribution in [3.8, 4) is 0 Å². The van der Waals surface area contributed by atoms with Crippen molar-refractivity contribution in [2.24, 2.45) is 0 Å². The van der Waals surface area contributed by atoms with Crippen LogP contribution in [-0.4, -0.2) is 36.2 Å². The van der Waals surface area contributed by atoms with E-state index < -0.39 is 18.0 Å². The van der Waals surface area contributed by atoms with E-state index in [1.807, 2.05) is 12.1 Å². The van der Waals surface area contributed by atoms with Crippen LogP contribution in [-0.2, 0) is 16.1 Å². The Morgan fingerprint density at radius 1 is 1.15 bits per heavy atom. The largest absolute Gasteiger partial charge is 0.449 e. The maximum atomic E-state index is 12.3. The lowest BCUT2D eigenvalue weighted by Gasteiger charge is -2.15. The number of amides is 1. The molecule has 0 aromatic heterocycles. The number of ether oxygens (including phenoxy) is 1. The summed E-state index contributed by atoms with van der Waals surface area (Å²) in [5, 5.41) is 15.2. The number of para-hydroxylation sites is 1. The number of carbonyl (C=O) groups excluding carboxylic acids is 2. The number of benzene rings is 2. The Labute approximate surface area is 157 Å². The number of hydrogen-bond donors (Lipinski definition) is 3. The third-order valence-electron chi connectivity index (χ3n) is 3.61. The van der Waals surface area contributed by atoms with Crippen LogP contribution >= 0.6 is 11.6 Å². The Kier molecular flexibility index (Phi) is 7.44. The van der Waals surface area contributed by atoms with Crippen molar-refractivity contribution in [2.45, 2.75) is 19.6 Å². The molecule has 2 rings (SSSR count). The Morgan fingerprint density at radius 2 is 1.85 bits per heavy atom. The fraction of sp³-hybridized carbons (Fsp3) is 0.263. The predicted octanol–water partition coefficient (Wildman–Crippen LogP) is 2.61. The van der Waals surface area contributed by atoms with Gasteiger partial charge >= 0.3 is 5.97 Å². The van der Waals surface area contributed by atoms with E-state index in [-0.39, 0.29) is 6.61 Å². The summed E-state index contributed by atoms with van der Waals surface area (Å²) in [5.74, 6) is -1.01. The van der Waals surface area contributed by atoms with Crippen LogP contribution < -0.4 is 10.6 Å². The van der Waals surface area contributed by atoms with E-state index >= 15 is 0 Å². The van der Waals surface area contributed by atoms with Crippen molar-refractivity contribution in [1.82, 2.24) is 5.32 Å². The first-order chi connectivity index (χ1) is 12.5. The first-order valence-electron chi connectivity index (χ1n) is 8.18. The van der Waals surface area contributed by atoms with Gasteiger partial charge in [-0.25, -0.2) is 4.79 Å². The van der Waals surface area contributed by atoms with E-state index in [1.165, 1.54) is 6.92 Å². The molecule has 0 aliphatic carbocycles. The molecule has 0 radical (unpaired) electrons. The van der Waals surface area contributed by atoms with E-state index in [2.05, 4.69) is 10.6 Å². The highest BCUT2D eigenvalue weighted by Crippen LogP contribution is 2.17. The summed E-state index contributed by atoms with van der Waals surface area (Å²) < 4.78 is 5.25. The summed E-state index contributed by atoms with van der Waals surface area (Å²) in [6, 6.07) is 13.9. The summed E-state index contributed by atoms with van der Waals surface area (Å²) in [4.78, 5) is 24.5. The van der Waals surface area contributed by atoms with Gasteiger partial charge in [-0.05, 0) is 36.8 Å². The predicted molar refractivity (Wildman–Crippen MR) is 100 cm³/mol. The molecule has 26 heavy (non-hydrogen) atoms. The second kappa shape index (κ2) is 9.79. The van der Waals surface area contributed by atoms with Crippen LogP contribution in [0.4, 0.5) is 5.69 Å².